The first-order valence-electron chi connectivity index (χ1n) is 7.11. The minimum absolute atomic E-state index is 0.0558. The second kappa shape index (κ2) is 8.73. The minimum Gasteiger partial charge on any atom is -0.493 e. The Labute approximate surface area is 131 Å². The van der Waals surface area contributed by atoms with Crippen LogP contribution in [0.5, 0.6) is 11.5 Å². The van der Waals surface area contributed by atoms with Gasteiger partial charge in [-0.2, -0.15) is 5.26 Å². The Kier molecular flexibility index (Phi) is 6.97. The third-order valence-electron chi connectivity index (χ3n) is 2.69. The first kappa shape index (κ1) is 17.6. The van der Waals surface area contributed by atoms with Crippen molar-refractivity contribution in [2.45, 2.75) is 20.8 Å². The topological polar surface area (TPSA) is 68.6 Å². The van der Waals surface area contributed by atoms with Crippen molar-refractivity contribution in [3.63, 3.8) is 0 Å². The molecule has 1 aromatic carbocycles. The monoisotopic (exact) mass is 303 g/mol. The van der Waals surface area contributed by atoms with Crippen LogP contribution in [0.1, 0.15) is 26.3 Å². The van der Waals surface area contributed by atoms with E-state index < -0.39 is 5.97 Å². The molecule has 0 N–H and O–H groups in total. The van der Waals surface area contributed by atoms with Crippen molar-refractivity contribution < 1.29 is 19.0 Å². The van der Waals surface area contributed by atoms with Crippen LogP contribution in [0, 0.1) is 17.2 Å². The molecule has 0 saturated carbocycles. The Morgan fingerprint density at radius 1 is 1.36 bits per heavy atom. The van der Waals surface area contributed by atoms with Gasteiger partial charge in [0.15, 0.2) is 11.5 Å². The maximum atomic E-state index is 11.6. The molecule has 1 aromatic rings. The Morgan fingerprint density at radius 3 is 2.64 bits per heavy atom. The van der Waals surface area contributed by atoms with E-state index in [1.54, 1.807) is 32.2 Å². The molecule has 5 nitrogen and oxygen atoms in total. The molecule has 0 saturated heterocycles. The number of ether oxygens (including phenoxy) is 3. The van der Waals surface area contributed by atoms with E-state index >= 15 is 0 Å². The zero-order valence-electron chi connectivity index (χ0n) is 13.4. The third-order valence-corrected chi connectivity index (χ3v) is 2.69. The average molecular weight is 303 g/mol. The van der Waals surface area contributed by atoms with E-state index in [0.29, 0.717) is 29.6 Å². The number of carbonyl (C=O) groups is 1. The number of hydrogen-bond donors (Lipinski definition) is 0. The number of esters is 1. The van der Waals surface area contributed by atoms with Crippen molar-refractivity contribution in [3.05, 3.63) is 29.3 Å². The molecule has 0 aliphatic carbocycles. The van der Waals surface area contributed by atoms with Crippen LogP contribution in [0.4, 0.5) is 0 Å². The fourth-order valence-electron chi connectivity index (χ4n) is 1.66. The van der Waals surface area contributed by atoms with E-state index in [4.69, 9.17) is 19.5 Å². The Balaban J connectivity index is 3.02. The van der Waals surface area contributed by atoms with Crippen LogP contribution >= 0.6 is 0 Å². The van der Waals surface area contributed by atoms with E-state index in [-0.39, 0.29) is 12.2 Å². The van der Waals surface area contributed by atoms with Gasteiger partial charge < -0.3 is 14.2 Å². The van der Waals surface area contributed by atoms with Crippen molar-refractivity contribution in [1.82, 2.24) is 0 Å². The van der Waals surface area contributed by atoms with Gasteiger partial charge in [0, 0.05) is 0 Å². The Hall–Kier alpha value is -2.48. The Morgan fingerprint density at radius 2 is 2.09 bits per heavy atom. The lowest BCUT2D eigenvalue weighted by Crippen LogP contribution is -2.06. The summed E-state index contributed by atoms with van der Waals surface area (Å²) in [6.45, 7) is 6.61. The second-order valence-corrected chi connectivity index (χ2v) is 5.01. The van der Waals surface area contributed by atoms with Crippen molar-refractivity contribution in [3.8, 4) is 17.6 Å². The van der Waals surface area contributed by atoms with E-state index in [1.165, 1.54) is 6.08 Å². The van der Waals surface area contributed by atoms with E-state index in [1.807, 2.05) is 6.07 Å². The predicted octanol–water partition coefficient (Wildman–Crippen LogP) is 3.20. The van der Waals surface area contributed by atoms with E-state index in [0.717, 1.165) is 0 Å². The standard InChI is InChI=1S/C17H21NO4/c1-5-21-17(19)14(10-18)8-13-6-7-15(16(9-13)20-4)22-11-12(2)3/h6-9,12H,5,11H2,1-4H3/b14-8+. The SMILES string of the molecule is CCOC(=O)/C(C#N)=C/c1ccc(OCC(C)C)c(OC)c1. The van der Waals surface area contributed by atoms with Gasteiger partial charge in [0.2, 0.25) is 0 Å². The summed E-state index contributed by atoms with van der Waals surface area (Å²) in [5.41, 5.74) is 0.609. The largest absolute Gasteiger partial charge is 0.493 e. The summed E-state index contributed by atoms with van der Waals surface area (Å²) in [5.74, 6) is 0.945. The number of nitriles is 1. The molecule has 22 heavy (non-hydrogen) atoms. The first-order chi connectivity index (χ1) is 10.5. The molecule has 1 rings (SSSR count). The minimum atomic E-state index is -0.635. The highest BCUT2D eigenvalue weighted by Gasteiger charge is 2.11. The number of methoxy groups -OCH3 is 1. The maximum Gasteiger partial charge on any atom is 0.348 e. The number of benzene rings is 1. The molecule has 0 fully saturated rings. The molecule has 0 spiro atoms. The molecule has 0 heterocycles. The van der Waals surface area contributed by atoms with Gasteiger partial charge in [-0.25, -0.2) is 4.79 Å². The fraction of sp³-hybridized carbons (Fsp3) is 0.412. The molecule has 0 bridgehead atoms. The van der Waals surface area contributed by atoms with E-state index in [9.17, 15) is 4.79 Å². The second-order valence-electron chi connectivity index (χ2n) is 5.01. The molecule has 118 valence electrons. The zero-order valence-corrected chi connectivity index (χ0v) is 13.4. The van der Waals surface area contributed by atoms with Crippen LogP contribution in [-0.2, 0) is 9.53 Å². The third kappa shape index (κ3) is 5.13. The highest BCUT2D eigenvalue weighted by Crippen LogP contribution is 2.29. The summed E-state index contributed by atoms with van der Waals surface area (Å²) in [7, 11) is 1.54. The Bertz CT molecular complexity index is 585. The summed E-state index contributed by atoms with van der Waals surface area (Å²) in [4.78, 5) is 11.6. The van der Waals surface area contributed by atoms with Crippen molar-refractivity contribution in [1.29, 1.82) is 5.26 Å². The smallest absolute Gasteiger partial charge is 0.348 e. The lowest BCUT2D eigenvalue weighted by molar-refractivity contribution is -0.137. The molecular formula is C17H21NO4. The maximum absolute atomic E-state index is 11.6. The number of hydrogen-bond acceptors (Lipinski definition) is 5. The molecule has 0 amide bonds. The summed E-state index contributed by atoms with van der Waals surface area (Å²) in [6, 6.07) is 7.07. The van der Waals surface area contributed by atoms with Gasteiger partial charge >= 0.3 is 5.97 Å². The molecule has 0 atom stereocenters. The van der Waals surface area contributed by atoms with E-state index in [2.05, 4.69) is 13.8 Å². The normalized spacial score (nSPS) is 11.0. The van der Waals surface area contributed by atoms with Gasteiger partial charge in [0.05, 0.1) is 20.3 Å². The quantitative estimate of drug-likeness (QED) is 0.439. The lowest BCUT2D eigenvalue weighted by Gasteiger charge is -2.13. The highest BCUT2D eigenvalue weighted by atomic mass is 16.5. The molecule has 0 radical (unpaired) electrons. The summed E-state index contributed by atoms with van der Waals surface area (Å²) in [6.07, 6.45) is 1.47. The van der Waals surface area contributed by atoms with Gasteiger partial charge in [0.25, 0.3) is 0 Å². The molecule has 0 aromatic heterocycles. The molecular weight excluding hydrogens is 282 g/mol. The van der Waals surface area contributed by atoms with Gasteiger partial charge in [0.1, 0.15) is 11.6 Å². The van der Waals surface area contributed by atoms with Gasteiger partial charge in [-0.15, -0.1) is 0 Å². The van der Waals surface area contributed by atoms with Gasteiger partial charge in [-0.1, -0.05) is 19.9 Å². The van der Waals surface area contributed by atoms with Crippen LogP contribution in [0.25, 0.3) is 6.08 Å². The zero-order chi connectivity index (χ0) is 16.5. The number of rotatable bonds is 7. The summed E-state index contributed by atoms with van der Waals surface area (Å²) < 4.78 is 15.8. The average Bonchev–Trinajstić information content (AvgIpc) is 2.50. The number of carbonyl (C=O) groups excluding carboxylic acids is 1. The van der Waals surface area contributed by atoms with Crippen LogP contribution < -0.4 is 9.47 Å². The van der Waals surface area contributed by atoms with Crippen LogP contribution in [0.2, 0.25) is 0 Å². The fourth-order valence-corrected chi connectivity index (χ4v) is 1.66. The van der Waals surface area contributed by atoms with Crippen LogP contribution in [-0.4, -0.2) is 26.3 Å². The van der Waals surface area contributed by atoms with Gasteiger partial charge in [-0.3, -0.25) is 0 Å². The molecule has 5 heteroatoms. The molecule has 0 aliphatic heterocycles. The van der Waals surface area contributed by atoms with Crippen molar-refractivity contribution in [2.75, 3.05) is 20.3 Å². The highest BCUT2D eigenvalue weighted by molar-refractivity contribution is 5.97. The predicted molar refractivity (Wildman–Crippen MR) is 83.6 cm³/mol. The summed E-state index contributed by atoms with van der Waals surface area (Å²) in [5, 5.41) is 9.04. The van der Waals surface area contributed by atoms with Crippen LogP contribution in [0.3, 0.4) is 0 Å². The summed E-state index contributed by atoms with van der Waals surface area (Å²) >= 11 is 0. The van der Waals surface area contributed by atoms with Crippen molar-refractivity contribution in [2.24, 2.45) is 5.92 Å². The number of nitrogens with zero attached hydrogens (tertiary/aromatic N) is 1. The van der Waals surface area contributed by atoms with Crippen LogP contribution in [0.15, 0.2) is 23.8 Å². The first-order valence-corrected chi connectivity index (χ1v) is 7.11. The molecule has 0 unspecified atom stereocenters. The lowest BCUT2D eigenvalue weighted by atomic mass is 10.1. The van der Waals surface area contributed by atoms with Crippen molar-refractivity contribution >= 4 is 12.0 Å². The molecule has 0 aliphatic rings. The van der Waals surface area contributed by atoms with Gasteiger partial charge in [-0.05, 0) is 36.6 Å².